The minimum Gasteiger partial charge on any atom is -0.509 e. The summed E-state index contributed by atoms with van der Waals surface area (Å²) in [5, 5.41) is 16.9. The van der Waals surface area contributed by atoms with Crippen LogP contribution in [-0.4, -0.2) is 28.2 Å². The second-order valence-corrected chi connectivity index (χ2v) is 2.80. The minimum absolute atomic E-state index is 0.0423. The van der Waals surface area contributed by atoms with Gasteiger partial charge in [-0.1, -0.05) is 0 Å². The van der Waals surface area contributed by atoms with E-state index in [1.165, 1.54) is 6.92 Å². The van der Waals surface area contributed by atoms with Gasteiger partial charge < -0.3 is 15.9 Å². The van der Waals surface area contributed by atoms with Crippen LogP contribution < -0.4 is 5.73 Å². The van der Waals surface area contributed by atoms with E-state index >= 15 is 0 Å². The maximum absolute atomic E-state index is 11.0. The van der Waals surface area contributed by atoms with Gasteiger partial charge in [0.2, 0.25) is 0 Å². The summed E-state index contributed by atoms with van der Waals surface area (Å²) in [6, 6.07) is -1.06. The molecule has 0 aliphatic heterocycles. The highest BCUT2D eigenvalue weighted by Crippen LogP contribution is 1.98. The molecule has 0 bridgehead atoms. The Balaban J connectivity index is 3.79. The van der Waals surface area contributed by atoms with Gasteiger partial charge in [-0.2, -0.15) is 0 Å². The number of hydrogen-bond donors (Lipinski definition) is 3. The predicted octanol–water partition coefficient (Wildman–Crippen LogP) is 0.0726. The molecule has 0 aromatic rings. The summed E-state index contributed by atoms with van der Waals surface area (Å²) >= 11 is 0. The number of carboxylic acid groups (broad SMARTS) is 1. The monoisotopic (exact) mass is 219 g/mol. The van der Waals surface area contributed by atoms with Crippen LogP contribution in [0.5, 0.6) is 0 Å². The van der Waals surface area contributed by atoms with E-state index in [0.717, 1.165) is 6.26 Å². The van der Waals surface area contributed by atoms with E-state index in [1.807, 2.05) is 0 Å². The van der Waals surface area contributed by atoms with Crippen LogP contribution in [0.3, 0.4) is 0 Å². The zero-order chi connectivity index (χ0) is 11.8. The standard InChI is InChI=1S/C8H13NO6/c1-5(10)4-14-15-8(13)6(9)2-3-7(11)12/h4,6,10H,2-3,9H2,1H3,(H,11,12). The third-order valence-electron chi connectivity index (χ3n) is 1.32. The van der Waals surface area contributed by atoms with Crippen LogP contribution in [0, 0.1) is 0 Å². The maximum atomic E-state index is 11.0. The Labute approximate surface area is 86.0 Å². The molecule has 0 rings (SSSR count). The van der Waals surface area contributed by atoms with E-state index in [-0.39, 0.29) is 18.6 Å². The Kier molecular flexibility index (Phi) is 5.88. The molecule has 0 amide bonds. The number of aliphatic hydroxyl groups is 1. The quantitative estimate of drug-likeness (QED) is 0.328. The number of aliphatic carboxylic acids is 1. The number of nitrogens with two attached hydrogens (primary N) is 1. The van der Waals surface area contributed by atoms with Crippen molar-refractivity contribution < 1.29 is 29.6 Å². The van der Waals surface area contributed by atoms with Crippen molar-refractivity contribution in [1.82, 2.24) is 0 Å². The van der Waals surface area contributed by atoms with Gasteiger partial charge in [-0.15, -0.1) is 0 Å². The highest BCUT2D eigenvalue weighted by Gasteiger charge is 2.17. The molecular weight excluding hydrogens is 206 g/mol. The van der Waals surface area contributed by atoms with Crippen LogP contribution in [0.2, 0.25) is 0 Å². The Bertz CT molecular complexity index is 258. The molecule has 0 spiro atoms. The number of carbonyl (C=O) groups excluding carboxylic acids is 1. The van der Waals surface area contributed by atoms with Gasteiger partial charge >= 0.3 is 11.9 Å². The molecule has 0 heterocycles. The van der Waals surface area contributed by atoms with Gasteiger partial charge in [0.05, 0.1) is 0 Å². The number of rotatable bonds is 6. The molecule has 0 aliphatic carbocycles. The number of allylic oxidation sites excluding steroid dienone is 1. The minimum atomic E-state index is -1.06. The Hall–Kier alpha value is -1.76. The Morgan fingerprint density at radius 3 is 2.53 bits per heavy atom. The molecule has 0 aromatic heterocycles. The normalized spacial score (nSPS) is 13.1. The lowest BCUT2D eigenvalue weighted by Crippen LogP contribution is -2.32. The van der Waals surface area contributed by atoms with E-state index in [1.54, 1.807) is 0 Å². The van der Waals surface area contributed by atoms with E-state index in [0.29, 0.717) is 0 Å². The molecule has 15 heavy (non-hydrogen) atoms. The second-order valence-electron chi connectivity index (χ2n) is 2.80. The summed E-state index contributed by atoms with van der Waals surface area (Å²) < 4.78 is 0. The van der Waals surface area contributed by atoms with E-state index in [9.17, 15) is 9.59 Å². The van der Waals surface area contributed by atoms with E-state index in [4.69, 9.17) is 15.9 Å². The molecule has 0 saturated carbocycles. The second kappa shape index (κ2) is 6.66. The average molecular weight is 219 g/mol. The van der Waals surface area contributed by atoms with Gasteiger partial charge in [0, 0.05) is 6.42 Å². The summed E-state index contributed by atoms with van der Waals surface area (Å²) in [5.74, 6) is -2.12. The molecule has 0 aromatic carbocycles. The zero-order valence-corrected chi connectivity index (χ0v) is 8.17. The lowest BCUT2D eigenvalue weighted by atomic mass is 10.2. The van der Waals surface area contributed by atoms with Crippen molar-refractivity contribution in [3.63, 3.8) is 0 Å². The predicted molar refractivity (Wildman–Crippen MR) is 48.4 cm³/mol. The fourth-order valence-electron chi connectivity index (χ4n) is 0.600. The summed E-state index contributed by atoms with van der Waals surface area (Å²) in [6.45, 7) is 1.32. The number of carbonyl (C=O) groups is 2. The molecule has 1 atom stereocenters. The van der Waals surface area contributed by atoms with Gasteiger partial charge in [0.15, 0.2) is 6.26 Å². The third-order valence-corrected chi connectivity index (χ3v) is 1.32. The number of aliphatic hydroxyl groups excluding tert-OH is 1. The zero-order valence-electron chi connectivity index (χ0n) is 8.17. The van der Waals surface area contributed by atoms with Crippen molar-refractivity contribution in [2.75, 3.05) is 0 Å². The maximum Gasteiger partial charge on any atom is 0.371 e. The SMILES string of the molecule is CC(O)=COOC(=O)C(N)CCC(=O)O. The van der Waals surface area contributed by atoms with E-state index in [2.05, 4.69) is 9.78 Å². The van der Waals surface area contributed by atoms with Gasteiger partial charge in [0.1, 0.15) is 11.8 Å². The van der Waals surface area contributed by atoms with Crippen molar-refractivity contribution in [3.8, 4) is 0 Å². The largest absolute Gasteiger partial charge is 0.509 e. The molecule has 86 valence electrons. The van der Waals surface area contributed by atoms with Crippen LogP contribution in [0.4, 0.5) is 0 Å². The summed E-state index contributed by atoms with van der Waals surface area (Å²) in [4.78, 5) is 29.5. The van der Waals surface area contributed by atoms with Crippen LogP contribution in [-0.2, 0) is 19.4 Å². The highest BCUT2D eigenvalue weighted by molar-refractivity contribution is 5.76. The molecule has 0 saturated heterocycles. The first kappa shape index (κ1) is 13.2. The molecule has 0 radical (unpaired) electrons. The van der Waals surface area contributed by atoms with Crippen molar-refractivity contribution in [2.45, 2.75) is 25.8 Å². The Morgan fingerprint density at radius 1 is 1.47 bits per heavy atom. The van der Waals surface area contributed by atoms with Gasteiger partial charge in [-0.05, 0) is 13.3 Å². The lowest BCUT2D eigenvalue weighted by molar-refractivity contribution is -0.241. The van der Waals surface area contributed by atoms with Crippen LogP contribution in [0.25, 0.3) is 0 Å². The van der Waals surface area contributed by atoms with Crippen molar-refractivity contribution in [2.24, 2.45) is 5.73 Å². The van der Waals surface area contributed by atoms with Crippen molar-refractivity contribution >= 4 is 11.9 Å². The fourth-order valence-corrected chi connectivity index (χ4v) is 0.600. The number of carboxylic acids is 1. The highest BCUT2D eigenvalue weighted by atomic mass is 17.2. The first-order chi connectivity index (χ1) is 6.93. The van der Waals surface area contributed by atoms with Crippen molar-refractivity contribution in [3.05, 3.63) is 12.0 Å². The molecule has 7 nitrogen and oxygen atoms in total. The summed E-state index contributed by atoms with van der Waals surface area (Å²) in [6.07, 6.45) is 0.534. The van der Waals surface area contributed by atoms with E-state index < -0.39 is 18.0 Å². The summed E-state index contributed by atoms with van der Waals surface area (Å²) in [7, 11) is 0. The average Bonchev–Trinajstić information content (AvgIpc) is 2.13. The molecule has 0 aliphatic rings. The fraction of sp³-hybridized carbons (Fsp3) is 0.500. The first-order valence-corrected chi connectivity index (χ1v) is 4.13. The molecule has 0 fully saturated rings. The van der Waals surface area contributed by atoms with Crippen LogP contribution >= 0.6 is 0 Å². The summed E-state index contributed by atoms with van der Waals surface area (Å²) in [5.41, 5.74) is 5.28. The first-order valence-electron chi connectivity index (χ1n) is 4.13. The molecule has 7 heteroatoms. The molecular formula is C8H13NO6. The molecule has 1 unspecified atom stereocenters. The van der Waals surface area contributed by atoms with Crippen LogP contribution in [0.1, 0.15) is 19.8 Å². The van der Waals surface area contributed by atoms with Crippen molar-refractivity contribution in [1.29, 1.82) is 0 Å². The van der Waals surface area contributed by atoms with Crippen LogP contribution in [0.15, 0.2) is 12.0 Å². The number of hydrogen-bond acceptors (Lipinski definition) is 6. The molecule has 4 N–H and O–H groups in total. The Morgan fingerprint density at radius 2 is 2.07 bits per heavy atom. The smallest absolute Gasteiger partial charge is 0.371 e. The van der Waals surface area contributed by atoms with Gasteiger partial charge in [-0.25, -0.2) is 9.68 Å². The third kappa shape index (κ3) is 7.32. The van der Waals surface area contributed by atoms with Gasteiger partial charge in [-0.3, -0.25) is 9.68 Å². The lowest BCUT2D eigenvalue weighted by Gasteiger charge is -2.07. The van der Waals surface area contributed by atoms with Gasteiger partial charge in [0.25, 0.3) is 0 Å². The topological polar surface area (TPSA) is 119 Å².